The van der Waals surface area contributed by atoms with Crippen molar-refractivity contribution in [3.8, 4) is 11.5 Å². The van der Waals surface area contributed by atoms with Gasteiger partial charge in [-0.25, -0.2) is 4.98 Å². The molecule has 0 radical (unpaired) electrons. The Balaban J connectivity index is 1.57. The van der Waals surface area contributed by atoms with E-state index in [4.69, 9.17) is 9.47 Å². The van der Waals surface area contributed by atoms with Gasteiger partial charge < -0.3 is 9.47 Å². The minimum Gasteiger partial charge on any atom is -0.486 e. The van der Waals surface area contributed by atoms with Gasteiger partial charge in [0.2, 0.25) is 0 Å². The van der Waals surface area contributed by atoms with E-state index in [1.807, 2.05) is 12.1 Å². The average Bonchev–Trinajstić information content (AvgIpc) is 3.00. The monoisotopic (exact) mass is 354 g/mol. The second-order valence-corrected chi connectivity index (χ2v) is 6.60. The number of carbonyl (C=O) groups excluding carboxylic acids is 2. The van der Waals surface area contributed by atoms with Gasteiger partial charge in [-0.3, -0.25) is 14.9 Å². The summed E-state index contributed by atoms with van der Waals surface area (Å²) < 4.78 is 12.0. The molecule has 6 nitrogen and oxygen atoms in total. The fraction of sp³-hybridized carbons (Fsp3) is 0.167. The van der Waals surface area contributed by atoms with E-state index in [1.54, 1.807) is 24.3 Å². The number of anilines is 1. The summed E-state index contributed by atoms with van der Waals surface area (Å²) in [5.74, 6) is 1.06. The molecule has 0 saturated heterocycles. The lowest BCUT2D eigenvalue weighted by Crippen LogP contribution is -2.15. The molecular weight excluding hydrogens is 340 g/mol. The van der Waals surface area contributed by atoms with E-state index in [0.29, 0.717) is 41.0 Å². The third-order valence-electron chi connectivity index (χ3n) is 3.83. The van der Waals surface area contributed by atoms with Crippen LogP contribution in [-0.4, -0.2) is 29.9 Å². The molecule has 7 heteroatoms. The van der Waals surface area contributed by atoms with Crippen LogP contribution in [-0.2, 0) is 0 Å². The molecule has 2 aromatic carbocycles. The Morgan fingerprint density at radius 2 is 1.68 bits per heavy atom. The first-order valence-electron chi connectivity index (χ1n) is 7.73. The van der Waals surface area contributed by atoms with Crippen LogP contribution in [0.2, 0.25) is 0 Å². The van der Waals surface area contributed by atoms with Gasteiger partial charge in [-0.2, -0.15) is 0 Å². The molecule has 0 spiro atoms. The third kappa shape index (κ3) is 3.06. The third-order valence-corrected chi connectivity index (χ3v) is 4.76. The maximum atomic E-state index is 12.3. The molecule has 2 heterocycles. The maximum absolute atomic E-state index is 12.3. The maximum Gasteiger partial charge on any atom is 0.257 e. The molecule has 0 saturated carbocycles. The van der Waals surface area contributed by atoms with Crippen molar-refractivity contribution in [3.05, 3.63) is 47.5 Å². The van der Waals surface area contributed by atoms with Gasteiger partial charge in [0.25, 0.3) is 5.91 Å². The SMILES string of the molecule is CC(=O)c1ccc(C(=O)Nc2nc3cc4c(cc3s2)OCCO4)cc1. The summed E-state index contributed by atoms with van der Waals surface area (Å²) in [5, 5.41) is 3.29. The van der Waals surface area contributed by atoms with Gasteiger partial charge in [0.05, 0.1) is 10.2 Å². The van der Waals surface area contributed by atoms with Crippen LogP contribution in [0.15, 0.2) is 36.4 Å². The largest absolute Gasteiger partial charge is 0.486 e. The highest BCUT2D eigenvalue weighted by Gasteiger charge is 2.16. The fourth-order valence-electron chi connectivity index (χ4n) is 2.54. The number of rotatable bonds is 3. The Kier molecular flexibility index (Phi) is 3.85. The fourth-order valence-corrected chi connectivity index (χ4v) is 3.42. The molecule has 1 aliphatic heterocycles. The Morgan fingerprint density at radius 1 is 1.04 bits per heavy atom. The molecule has 126 valence electrons. The van der Waals surface area contributed by atoms with Gasteiger partial charge in [0.1, 0.15) is 13.2 Å². The molecule has 0 atom stereocenters. The highest BCUT2D eigenvalue weighted by molar-refractivity contribution is 7.22. The van der Waals surface area contributed by atoms with E-state index in [9.17, 15) is 9.59 Å². The summed E-state index contributed by atoms with van der Waals surface area (Å²) >= 11 is 1.37. The number of nitrogens with one attached hydrogen (secondary N) is 1. The number of hydrogen-bond acceptors (Lipinski definition) is 6. The Bertz CT molecular complexity index is 936. The van der Waals surface area contributed by atoms with E-state index < -0.39 is 0 Å². The van der Waals surface area contributed by atoms with E-state index in [0.717, 1.165) is 10.2 Å². The molecule has 1 aromatic heterocycles. The van der Waals surface area contributed by atoms with Crippen molar-refractivity contribution in [1.29, 1.82) is 0 Å². The molecule has 0 aliphatic carbocycles. The van der Waals surface area contributed by atoms with Gasteiger partial charge >= 0.3 is 0 Å². The highest BCUT2D eigenvalue weighted by atomic mass is 32.1. The van der Waals surface area contributed by atoms with E-state index >= 15 is 0 Å². The number of aromatic nitrogens is 1. The Hall–Kier alpha value is -2.93. The van der Waals surface area contributed by atoms with Crippen molar-refractivity contribution in [2.45, 2.75) is 6.92 Å². The summed E-state index contributed by atoms with van der Waals surface area (Å²) in [5.41, 5.74) is 1.79. The predicted molar refractivity (Wildman–Crippen MR) is 95.0 cm³/mol. The van der Waals surface area contributed by atoms with Crippen molar-refractivity contribution in [2.75, 3.05) is 18.5 Å². The second-order valence-electron chi connectivity index (χ2n) is 5.57. The zero-order chi connectivity index (χ0) is 17.4. The van der Waals surface area contributed by atoms with Crippen LogP contribution in [0.1, 0.15) is 27.6 Å². The van der Waals surface area contributed by atoms with E-state index in [2.05, 4.69) is 10.3 Å². The molecule has 0 fully saturated rings. The number of ether oxygens (including phenoxy) is 2. The zero-order valence-electron chi connectivity index (χ0n) is 13.4. The van der Waals surface area contributed by atoms with Crippen LogP contribution in [0.3, 0.4) is 0 Å². The van der Waals surface area contributed by atoms with Crippen molar-refractivity contribution < 1.29 is 19.1 Å². The summed E-state index contributed by atoms with van der Waals surface area (Å²) in [4.78, 5) is 28.1. The molecule has 1 N–H and O–H groups in total. The van der Waals surface area contributed by atoms with Crippen molar-refractivity contribution in [2.24, 2.45) is 0 Å². The number of fused-ring (bicyclic) bond motifs is 2. The van der Waals surface area contributed by atoms with Gasteiger partial charge in [0, 0.05) is 23.3 Å². The molecule has 3 aromatic rings. The smallest absolute Gasteiger partial charge is 0.257 e. The highest BCUT2D eigenvalue weighted by Crippen LogP contribution is 2.37. The number of hydrogen-bond donors (Lipinski definition) is 1. The van der Waals surface area contributed by atoms with Crippen LogP contribution < -0.4 is 14.8 Å². The lowest BCUT2D eigenvalue weighted by atomic mass is 10.1. The number of thiazole rings is 1. The number of benzene rings is 2. The van der Waals surface area contributed by atoms with Gasteiger partial charge in [0.15, 0.2) is 22.4 Å². The van der Waals surface area contributed by atoms with Crippen LogP contribution in [0.5, 0.6) is 11.5 Å². The standard InChI is InChI=1S/C18H14N2O4S/c1-10(21)11-2-4-12(5-3-11)17(22)20-18-19-13-8-14-15(9-16(13)25-18)24-7-6-23-14/h2-5,8-9H,6-7H2,1H3,(H,19,20,22). The second kappa shape index (κ2) is 6.18. The summed E-state index contributed by atoms with van der Waals surface area (Å²) in [6, 6.07) is 10.2. The van der Waals surface area contributed by atoms with Gasteiger partial charge in [-0.15, -0.1) is 0 Å². The van der Waals surface area contributed by atoms with Crippen LogP contribution in [0, 0.1) is 0 Å². The summed E-state index contributed by atoms with van der Waals surface area (Å²) in [6.45, 7) is 2.53. The number of Topliss-reactive ketones (excluding diaryl/α,β-unsaturated/α-hetero) is 1. The summed E-state index contributed by atoms with van der Waals surface area (Å²) in [6.07, 6.45) is 0. The molecular formula is C18H14N2O4S. The molecule has 1 aliphatic rings. The van der Waals surface area contributed by atoms with E-state index in [-0.39, 0.29) is 11.7 Å². The van der Waals surface area contributed by atoms with Gasteiger partial charge in [-0.1, -0.05) is 23.5 Å². The minimum absolute atomic E-state index is 0.0356. The summed E-state index contributed by atoms with van der Waals surface area (Å²) in [7, 11) is 0. The molecule has 4 rings (SSSR count). The van der Waals surface area contributed by atoms with E-state index in [1.165, 1.54) is 18.3 Å². The molecule has 25 heavy (non-hydrogen) atoms. The predicted octanol–water partition coefficient (Wildman–Crippen LogP) is 3.52. The van der Waals surface area contributed by atoms with Crippen LogP contribution >= 0.6 is 11.3 Å². The van der Waals surface area contributed by atoms with Crippen molar-refractivity contribution in [3.63, 3.8) is 0 Å². The van der Waals surface area contributed by atoms with Crippen LogP contribution in [0.25, 0.3) is 10.2 Å². The molecule has 1 amide bonds. The number of ketones is 1. The molecule has 0 unspecified atom stereocenters. The first kappa shape index (κ1) is 15.6. The first-order chi connectivity index (χ1) is 12.1. The topological polar surface area (TPSA) is 77.5 Å². The number of carbonyl (C=O) groups is 2. The number of amides is 1. The number of nitrogens with zero attached hydrogens (tertiary/aromatic N) is 1. The minimum atomic E-state index is -0.272. The molecule has 0 bridgehead atoms. The lowest BCUT2D eigenvalue weighted by molar-refractivity contribution is 0.101. The van der Waals surface area contributed by atoms with Crippen molar-refractivity contribution in [1.82, 2.24) is 4.98 Å². The van der Waals surface area contributed by atoms with Crippen LogP contribution in [0.4, 0.5) is 5.13 Å². The zero-order valence-corrected chi connectivity index (χ0v) is 14.2. The Labute approximate surface area is 147 Å². The Morgan fingerprint density at radius 3 is 2.36 bits per heavy atom. The quantitative estimate of drug-likeness (QED) is 0.728. The first-order valence-corrected chi connectivity index (χ1v) is 8.54. The van der Waals surface area contributed by atoms with Gasteiger partial charge in [-0.05, 0) is 19.1 Å². The normalized spacial score (nSPS) is 12.8. The lowest BCUT2D eigenvalue weighted by Gasteiger charge is -2.17. The van der Waals surface area contributed by atoms with Crippen molar-refractivity contribution >= 4 is 38.4 Å². The average molecular weight is 354 g/mol.